The number of anilines is 1. The molecule has 0 saturated carbocycles. The average molecular weight is 553 g/mol. The maximum Gasteiger partial charge on any atom is 0.416 e. The fourth-order valence-electron chi connectivity index (χ4n) is 3.97. The molecule has 1 heterocycles. The van der Waals surface area contributed by atoms with Crippen molar-refractivity contribution in [2.24, 2.45) is 5.73 Å². The van der Waals surface area contributed by atoms with E-state index in [9.17, 15) is 22.8 Å². The van der Waals surface area contributed by atoms with Gasteiger partial charge in [-0.15, -0.1) is 0 Å². The number of rotatable bonds is 6. The molecule has 1 unspecified atom stereocenters. The van der Waals surface area contributed by atoms with E-state index in [2.05, 4.69) is 15.9 Å². The van der Waals surface area contributed by atoms with E-state index in [-0.39, 0.29) is 41.6 Å². The molecule has 0 fully saturated rings. The lowest BCUT2D eigenvalue weighted by Crippen LogP contribution is -2.39. The number of allylic oxidation sites excluding steroid dienone is 1. The molecule has 0 saturated heterocycles. The lowest BCUT2D eigenvalue weighted by molar-refractivity contribution is -0.140. The lowest BCUT2D eigenvalue weighted by Gasteiger charge is -2.37. The van der Waals surface area contributed by atoms with Crippen LogP contribution in [0, 0.1) is 0 Å². The van der Waals surface area contributed by atoms with Crippen molar-refractivity contribution in [2.75, 3.05) is 18.1 Å². The lowest BCUT2D eigenvalue weighted by atomic mass is 9.80. The van der Waals surface area contributed by atoms with Gasteiger partial charge in [-0.2, -0.15) is 13.2 Å². The third-order valence-corrected chi connectivity index (χ3v) is 5.97. The summed E-state index contributed by atoms with van der Waals surface area (Å²) in [6.07, 6.45) is -4.60. The molecule has 2 N–H and O–H groups in total. The van der Waals surface area contributed by atoms with Crippen molar-refractivity contribution in [1.82, 2.24) is 0 Å². The highest BCUT2D eigenvalue weighted by Crippen LogP contribution is 2.44. The minimum absolute atomic E-state index is 0.0314. The first-order valence-corrected chi connectivity index (χ1v) is 11.6. The monoisotopic (exact) mass is 552 g/mol. The minimum atomic E-state index is -4.60. The van der Waals surface area contributed by atoms with Gasteiger partial charge in [0.25, 0.3) is 0 Å². The molecule has 1 aliphatic rings. The van der Waals surface area contributed by atoms with Gasteiger partial charge in [-0.3, -0.25) is 0 Å². The van der Waals surface area contributed by atoms with E-state index in [1.165, 1.54) is 17.0 Å². The van der Waals surface area contributed by atoms with Crippen LogP contribution in [-0.2, 0) is 25.2 Å². The number of benzene rings is 2. The maximum atomic E-state index is 13.4. The van der Waals surface area contributed by atoms with Crippen LogP contribution in [-0.4, -0.2) is 25.2 Å². The van der Waals surface area contributed by atoms with Crippen molar-refractivity contribution in [2.45, 2.75) is 32.9 Å². The van der Waals surface area contributed by atoms with Gasteiger partial charge in [-0.1, -0.05) is 34.1 Å². The molecule has 0 aliphatic carbocycles. The van der Waals surface area contributed by atoms with Crippen LogP contribution in [0.3, 0.4) is 0 Å². The van der Waals surface area contributed by atoms with Gasteiger partial charge in [-0.25, -0.2) is 9.59 Å². The number of esters is 2. The fourth-order valence-corrected chi connectivity index (χ4v) is 4.24. The number of hydrogen-bond acceptors (Lipinski definition) is 6. The van der Waals surface area contributed by atoms with E-state index in [0.717, 1.165) is 16.6 Å². The van der Waals surface area contributed by atoms with Crippen molar-refractivity contribution in [3.8, 4) is 0 Å². The summed E-state index contributed by atoms with van der Waals surface area (Å²) >= 11 is 3.36. The summed E-state index contributed by atoms with van der Waals surface area (Å²) < 4.78 is 51.6. The van der Waals surface area contributed by atoms with Crippen molar-refractivity contribution >= 4 is 33.6 Å². The van der Waals surface area contributed by atoms with Crippen LogP contribution in [0.5, 0.6) is 0 Å². The molecule has 0 radical (unpaired) electrons. The standard InChI is InChI=1S/C25H24BrF3N2O4/c1-4-34-23(32)19-14(3)31(18-8-6-7-16(13-18)25(27,28)29)22(30)21(24(33)35-5-2)20(19)15-9-11-17(26)12-10-15/h6-13,20H,4-5,30H2,1-3H3. The first-order chi connectivity index (χ1) is 16.5. The molecular weight excluding hydrogens is 529 g/mol. The minimum Gasteiger partial charge on any atom is -0.463 e. The number of nitrogens with two attached hydrogens (primary N) is 1. The topological polar surface area (TPSA) is 81.9 Å². The van der Waals surface area contributed by atoms with Crippen LogP contribution < -0.4 is 10.6 Å². The van der Waals surface area contributed by atoms with Gasteiger partial charge < -0.3 is 20.1 Å². The van der Waals surface area contributed by atoms with Crippen molar-refractivity contribution < 1.29 is 32.2 Å². The average Bonchev–Trinajstić information content (AvgIpc) is 2.79. The molecule has 35 heavy (non-hydrogen) atoms. The molecule has 0 amide bonds. The Kier molecular flexibility index (Phi) is 7.94. The van der Waals surface area contributed by atoms with Crippen molar-refractivity contribution in [3.63, 3.8) is 0 Å². The molecule has 2 aromatic rings. The first kappa shape index (κ1) is 26.3. The van der Waals surface area contributed by atoms with Gasteiger partial charge >= 0.3 is 18.1 Å². The summed E-state index contributed by atoms with van der Waals surface area (Å²) in [6, 6.07) is 11.4. The Balaban J connectivity index is 2.33. The second-order valence-electron chi connectivity index (χ2n) is 7.61. The normalized spacial score (nSPS) is 16.4. The van der Waals surface area contributed by atoms with Gasteiger partial charge in [-0.05, 0) is 56.7 Å². The molecule has 0 bridgehead atoms. The highest BCUT2D eigenvalue weighted by atomic mass is 79.9. The zero-order chi connectivity index (χ0) is 25.9. The molecule has 186 valence electrons. The zero-order valence-corrected chi connectivity index (χ0v) is 20.9. The molecule has 3 rings (SSSR count). The molecule has 0 aromatic heterocycles. The quantitative estimate of drug-likeness (QED) is 0.467. The van der Waals surface area contributed by atoms with Crippen LogP contribution in [0.4, 0.5) is 18.9 Å². The van der Waals surface area contributed by atoms with Crippen LogP contribution >= 0.6 is 15.9 Å². The van der Waals surface area contributed by atoms with Crippen molar-refractivity contribution in [1.29, 1.82) is 0 Å². The largest absolute Gasteiger partial charge is 0.463 e. The maximum absolute atomic E-state index is 13.4. The van der Waals surface area contributed by atoms with E-state index < -0.39 is 29.6 Å². The second-order valence-corrected chi connectivity index (χ2v) is 8.52. The Hall–Kier alpha value is -3.27. The van der Waals surface area contributed by atoms with Crippen LogP contribution in [0.1, 0.15) is 37.8 Å². The number of halogens is 4. The highest BCUT2D eigenvalue weighted by molar-refractivity contribution is 9.10. The van der Waals surface area contributed by atoms with E-state index in [1.807, 2.05) is 0 Å². The summed E-state index contributed by atoms with van der Waals surface area (Å²) in [4.78, 5) is 27.6. The molecular formula is C25H24BrF3N2O4. The summed E-state index contributed by atoms with van der Waals surface area (Å²) in [5.74, 6) is -2.60. The van der Waals surface area contributed by atoms with E-state index in [4.69, 9.17) is 15.2 Å². The van der Waals surface area contributed by atoms with E-state index in [1.54, 1.807) is 45.0 Å². The molecule has 2 aromatic carbocycles. The smallest absolute Gasteiger partial charge is 0.416 e. The number of alkyl halides is 3. The van der Waals surface area contributed by atoms with Gasteiger partial charge in [0.15, 0.2) is 0 Å². The molecule has 1 aliphatic heterocycles. The number of carbonyl (C=O) groups excluding carboxylic acids is 2. The Morgan fingerprint density at radius 3 is 2.11 bits per heavy atom. The van der Waals surface area contributed by atoms with Crippen LogP contribution in [0.15, 0.2) is 75.7 Å². The summed E-state index contributed by atoms with van der Waals surface area (Å²) in [6.45, 7) is 4.88. The molecule has 1 atom stereocenters. The van der Waals surface area contributed by atoms with Gasteiger partial charge in [0.05, 0.1) is 35.8 Å². The number of carbonyl (C=O) groups is 2. The summed E-state index contributed by atoms with van der Waals surface area (Å²) in [5, 5.41) is 0. The third kappa shape index (κ3) is 5.37. The highest BCUT2D eigenvalue weighted by Gasteiger charge is 2.42. The number of nitrogens with zero attached hydrogens (tertiary/aromatic N) is 1. The number of hydrogen-bond donors (Lipinski definition) is 1. The summed E-state index contributed by atoms with van der Waals surface area (Å²) in [5.41, 5.74) is 6.39. The second kappa shape index (κ2) is 10.6. The van der Waals surface area contributed by atoms with Crippen LogP contribution in [0.25, 0.3) is 0 Å². The summed E-state index contributed by atoms with van der Waals surface area (Å²) in [7, 11) is 0. The first-order valence-electron chi connectivity index (χ1n) is 10.8. The Labute approximate surface area is 209 Å². The Morgan fingerprint density at radius 2 is 1.57 bits per heavy atom. The molecule has 6 nitrogen and oxygen atoms in total. The number of ether oxygens (including phenoxy) is 2. The van der Waals surface area contributed by atoms with Gasteiger partial charge in [0.1, 0.15) is 5.82 Å². The molecule has 0 spiro atoms. The predicted octanol–water partition coefficient (Wildman–Crippen LogP) is 5.64. The Bertz CT molecular complexity index is 1150. The molecule has 10 heteroatoms. The van der Waals surface area contributed by atoms with E-state index >= 15 is 0 Å². The zero-order valence-electron chi connectivity index (χ0n) is 19.3. The fraction of sp³-hybridized carbons (Fsp3) is 0.280. The predicted molar refractivity (Wildman–Crippen MR) is 128 cm³/mol. The van der Waals surface area contributed by atoms with E-state index in [0.29, 0.717) is 5.56 Å². The van der Waals surface area contributed by atoms with Gasteiger partial charge in [0.2, 0.25) is 0 Å². The van der Waals surface area contributed by atoms with Gasteiger partial charge in [0, 0.05) is 15.9 Å². The van der Waals surface area contributed by atoms with Crippen molar-refractivity contribution in [3.05, 3.63) is 86.8 Å². The Morgan fingerprint density at radius 1 is 1.00 bits per heavy atom. The van der Waals surface area contributed by atoms with Crippen LogP contribution in [0.2, 0.25) is 0 Å². The SMILES string of the molecule is CCOC(=O)C1=C(C)N(c2cccc(C(F)(F)F)c2)C(N)=C(C(=O)OCC)C1c1ccc(Br)cc1. The third-order valence-electron chi connectivity index (χ3n) is 5.45.